The predicted octanol–water partition coefficient (Wildman–Crippen LogP) is 5.15. The lowest BCUT2D eigenvalue weighted by atomic mass is 9.75. The maximum Gasteiger partial charge on any atom is 0.147 e. The smallest absolute Gasteiger partial charge is 0.147 e. The van der Waals surface area contributed by atoms with Crippen molar-refractivity contribution < 1.29 is 4.39 Å². The summed E-state index contributed by atoms with van der Waals surface area (Å²) in [5, 5.41) is 3.68. The van der Waals surface area contributed by atoms with Gasteiger partial charge in [-0.25, -0.2) is 4.39 Å². The number of hydrogen-bond donors (Lipinski definition) is 1. The molecule has 3 heteroatoms. The van der Waals surface area contributed by atoms with Crippen molar-refractivity contribution in [1.29, 1.82) is 0 Å². The van der Waals surface area contributed by atoms with E-state index in [0.717, 1.165) is 12.8 Å². The van der Waals surface area contributed by atoms with E-state index in [1.54, 1.807) is 12.1 Å². The first-order valence-electron chi connectivity index (χ1n) is 6.90. The zero-order valence-electron chi connectivity index (χ0n) is 11.4. The molecule has 0 aromatic heterocycles. The summed E-state index contributed by atoms with van der Waals surface area (Å²) in [6, 6.07) is 13.8. The van der Waals surface area contributed by atoms with E-state index in [9.17, 15) is 4.39 Å². The summed E-state index contributed by atoms with van der Waals surface area (Å²) in [4.78, 5) is 0. The van der Waals surface area contributed by atoms with Crippen LogP contribution in [0.4, 0.5) is 10.1 Å². The Kier molecular flexibility index (Phi) is 3.66. The number of benzene rings is 2. The zero-order chi connectivity index (χ0) is 14.1. The fourth-order valence-corrected chi connectivity index (χ4v) is 2.83. The number of rotatable bonds is 3. The molecule has 1 aliphatic carbocycles. The molecule has 20 heavy (non-hydrogen) atoms. The highest BCUT2D eigenvalue weighted by Crippen LogP contribution is 2.38. The summed E-state index contributed by atoms with van der Waals surface area (Å²) in [6.45, 7) is 2.10. The molecule has 1 aliphatic rings. The highest BCUT2D eigenvalue weighted by atomic mass is 35.5. The van der Waals surface area contributed by atoms with Gasteiger partial charge in [0.2, 0.25) is 0 Å². The van der Waals surface area contributed by atoms with Gasteiger partial charge in [-0.15, -0.1) is 0 Å². The van der Waals surface area contributed by atoms with Crippen LogP contribution in [0.2, 0.25) is 5.02 Å². The lowest BCUT2D eigenvalue weighted by Crippen LogP contribution is -2.34. The molecule has 0 aliphatic heterocycles. The molecule has 0 radical (unpaired) electrons. The van der Waals surface area contributed by atoms with Gasteiger partial charge in [-0.1, -0.05) is 41.4 Å². The number of hydrogen-bond acceptors (Lipinski definition) is 1. The van der Waals surface area contributed by atoms with Gasteiger partial charge in [0, 0.05) is 11.1 Å². The average Bonchev–Trinajstić information content (AvgIpc) is 2.37. The molecule has 0 spiro atoms. The molecule has 1 saturated carbocycles. The summed E-state index contributed by atoms with van der Waals surface area (Å²) in [7, 11) is 0. The van der Waals surface area contributed by atoms with Crippen LogP contribution in [-0.2, 0) is 0 Å². The van der Waals surface area contributed by atoms with Crippen LogP contribution in [0.3, 0.4) is 0 Å². The molecule has 0 saturated heterocycles. The number of nitrogens with one attached hydrogen (secondary N) is 1. The molecule has 2 aromatic rings. The second-order valence-electron chi connectivity index (χ2n) is 5.54. The van der Waals surface area contributed by atoms with E-state index in [4.69, 9.17) is 11.6 Å². The van der Waals surface area contributed by atoms with Gasteiger partial charge < -0.3 is 5.32 Å². The quantitative estimate of drug-likeness (QED) is 0.824. The van der Waals surface area contributed by atoms with E-state index >= 15 is 0 Å². The maximum absolute atomic E-state index is 13.7. The molecule has 3 rings (SSSR count). The minimum Gasteiger partial charge on any atom is -0.380 e. The monoisotopic (exact) mass is 289 g/mol. The maximum atomic E-state index is 13.7. The van der Waals surface area contributed by atoms with E-state index < -0.39 is 0 Å². The summed E-state index contributed by atoms with van der Waals surface area (Å²) in [5.74, 6) is 0.305. The molecule has 1 fully saturated rings. The number of halogens is 2. The van der Waals surface area contributed by atoms with E-state index in [1.165, 1.54) is 17.2 Å². The van der Waals surface area contributed by atoms with Gasteiger partial charge in [-0.05, 0) is 49.4 Å². The first kappa shape index (κ1) is 13.4. The Morgan fingerprint density at radius 3 is 2.45 bits per heavy atom. The van der Waals surface area contributed by atoms with Crippen LogP contribution in [0.15, 0.2) is 42.5 Å². The molecular formula is C17H17ClFN. The SMILES string of the molecule is Cc1ccc(C2CC(Nc3ccc(Cl)cc3F)C2)cc1. The molecule has 0 amide bonds. The van der Waals surface area contributed by atoms with Gasteiger partial charge in [0.15, 0.2) is 0 Å². The minimum absolute atomic E-state index is 0.281. The first-order valence-corrected chi connectivity index (χ1v) is 7.28. The largest absolute Gasteiger partial charge is 0.380 e. The third kappa shape index (κ3) is 2.80. The van der Waals surface area contributed by atoms with Crippen molar-refractivity contribution in [3.8, 4) is 0 Å². The second-order valence-corrected chi connectivity index (χ2v) is 5.98. The Labute approximate surface area is 123 Å². The third-order valence-corrected chi connectivity index (χ3v) is 4.21. The Hall–Kier alpha value is -1.54. The molecule has 0 unspecified atom stereocenters. The van der Waals surface area contributed by atoms with Crippen molar-refractivity contribution in [2.75, 3.05) is 5.32 Å². The van der Waals surface area contributed by atoms with Crippen LogP contribution in [-0.4, -0.2) is 6.04 Å². The predicted molar refractivity (Wildman–Crippen MR) is 82.0 cm³/mol. The van der Waals surface area contributed by atoms with Gasteiger partial charge in [-0.3, -0.25) is 0 Å². The first-order chi connectivity index (χ1) is 9.61. The molecule has 104 valence electrons. The summed E-state index contributed by atoms with van der Waals surface area (Å²) in [6.07, 6.45) is 2.09. The van der Waals surface area contributed by atoms with Crippen LogP contribution in [0, 0.1) is 12.7 Å². The van der Waals surface area contributed by atoms with Crippen molar-refractivity contribution in [1.82, 2.24) is 0 Å². The topological polar surface area (TPSA) is 12.0 Å². The van der Waals surface area contributed by atoms with Crippen molar-refractivity contribution >= 4 is 17.3 Å². The van der Waals surface area contributed by atoms with E-state index in [-0.39, 0.29) is 5.82 Å². The Balaban J connectivity index is 1.59. The Morgan fingerprint density at radius 2 is 1.80 bits per heavy atom. The number of anilines is 1. The van der Waals surface area contributed by atoms with E-state index in [2.05, 4.69) is 36.5 Å². The van der Waals surface area contributed by atoms with Crippen molar-refractivity contribution in [2.45, 2.75) is 31.7 Å². The fraction of sp³-hybridized carbons (Fsp3) is 0.294. The molecule has 0 bridgehead atoms. The second kappa shape index (κ2) is 5.45. The summed E-state index contributed by atoms with van der Waals surface area (Å²) >= 11 is 5.75. The highest BCUT2D eigenvalue weighted by molar-refractivity contribution is 6.30. The van der Waals surface area contributed by atoms with Crippen molar-refractivity contribution in [2.24, 2.45) is 0 Å². The molecule has 1 N–H and O–H groups in total. The van der Waals surface area contributed by atoms with Crippen LogP contribution in [0.25, 0.3) is 0 Å². The number of aryl methyl sites for hydroxylation is 1. The van der Waals surface area contributed by atoms with Crippen molar-refractivity contribution in [3.63, 3.8) is 0 Å². The van der Waals surface area contributed by atoms with Crippen LogP contribution >= 0.6 is 11.6 Å². The lowest BCUT2D eigenvalue weighted by Gasteiger charge is -2.37. The fourth-order valence-electron chi connectivity index (χ4n) is 2.67. The normalized spacial score (nSPS) is 21.4. The van der Waals surface area contributed by atoms with Gasteiger partial charge in [-0.2, -0.15) is 0 Å². The van der Waals surface area contributed by atoms with Crippen LogP contribution in [0.1, 0.15) is 29.9 Å². The highest BCUT2D eigenvalue weighted by Gasteiger charge is 2.30. The van der Waals surface area contributed by atoms with Crippen molar-refractivity contribution in [3.05, 3.63) is 64.4 Å². The molecule has 2 aromatic carbocycles. The average molecular weight is 290 g/mol. The standard InChI is InChI=1S/C17H17ClFN/c1-11-2-4-12(5-3-11)13-8-15(9-13)20-17-7-6-14(18)10-16(17)19/h2-7,10,13,15,20H,8-9H2,1H3. The van der Waals surface area contributed by atoms with Crippen LogP contribution < -0.4 is 5.32 Å². The zero-order valence-corrected chi connectivity index (χ0v) is 12.1. The molecule has 0 heterocycles. The van der Waals surface area contributed by atoms with E-state index in [1.807, 2.05) is 0 Å². The Bertz CT molecular complexity index is 603. The summed E-state index contributed by atoms with van der Waals surface area (Å²) < 4.78 is 13.7. The molecule has 0 atom stereocenters. The van der Waals surface area contributed by atoms with Gasteiger partial charge in [0.25, 0.3) is 0 Å². The third-order valence-electron chi connectivity index (χ3n) is 3.98. The van der Waals surface area contributed by atoms with Gasteiger partial charge in [0.1, 0.15) is 5.82 Å². The molecular weight excluding hydrogens is 273 g/mol. The lowest BCUT2D eigenvalue weighted by molar-refractivity contribution is 0.373. The van der Waals surface area contributed by atoms with Gasteiger partial charge >= 0.3 is 0 Å². The van der Waals surface area contributed by atoms with Gasteiger partial charge in [0.05, 0.1) is 5.69 Å². The molecule has 1 nitrogen and oxygen atoms in total. The Morgan fingerprint density at radius 1 is 1.10 bits per heavy atom. The minimum atomic E-state index is -0.281. The van der Waals surface area contributed by atoms with E-state index in [0.29, 0.717) is 22.7 Å². The summed E-state index contributed by atoms with van der Waals surface area (Å²) in [5.41, 5.74) is 3.21. The van der Waals surface area contributed by atoms with Crippen LogP contribution in [0.5, 0.6) is 0 Å².